The summed E-state index contributed by atoms with van der Waals surface area (Å²) in [6, 6.07) is 8.74. The molecule has 0 bridgehead atoms. The third-order valence-electron chi connectivity index (χ3n) is 6.23. The third-order valence-corrected chi connectivity index (χ3v) is 6.31. The van der Waals surface area contributed by atoms with Gasteiger partial charge in [-0.15, -0.1) is 8.78 Å². The average molecular weight is 530 g/mol. The molecule has 1 fully saturated rings. The molecule has 1 saturated heterocycles. The third kappa shape index (κ3) is 5.18. The number of rotatable bonds is 7. The molecule has 12 heteroatoms. The van der Waals surface area contributed by atoms with E-state index in [9.17, 15) is 23.5 Å². The number of aromatic nitrogens is 2. The van der Waals surface area contributed by atoms with Crippen LogP contribution >= 0.6 is 11.6 Å². The zero-order chi connectivity index (χ0) is 26.3. The number of carbonyl (C=O) groups is 2. The van der Waals surface area contributed by atoms with E-state index in [4.69, 9.17) is 11.6 Å². The number of nitrogens with one attached hydrogen (secondary N) is 1. The van der Waals surface area contributed by atoms with Crippen molar-refractivity contribution in [2.24, 2.45) is 5.92 Å². The van der Waals surface area contributed by atoms with Crippen LogP contribution < -0.4 is 15.0 Å². The SMILES string of the molecule is CN1Cc2ncc(-c3cc(C(=O)Nc4ccc(OC(F)(F)Cl)cc4)cnc3N3CC(CO)C3)cc2C1=O. The number of aliphatic hydroxyl groups is 1. The summed E-state index contributed by atoms with van der Waals surface area (Å²) < 4.78 is 29.9. The Hall–Kier alpha value is -3.83. The Bertz CT molecular complexity index is 1360. The van der Waals surface area contributed by atoms with Gasteiger partial charge in [0.2, 0.25) is 0 Å². The molecule has 2 aliphatic heterocycles. The van der Waals surface area contributed by atoms with Crippen molar-refractivity contribution in [1.82, 2.24) is 14.9 Å². The first kappa shape index (κ1) is 24.8. The predicted molar refractivity (Wildman–Crippen MR) is 132 cm³/mol. The number of nitrogens with zero attached hydrogens (tertiary/aromatic N) is 4. The fourth-order valence-electron chi connectivity index (χ4n) is 4.30. The molecule has 3 aromatic rings. The van der Waals surface area contributed by atoms with Crippen LogP contribution in [0.15, 0.2) is 48.8 Å². The molecule has 2 N–H and O–H groups in total. The van der Waals surface area contributed by atoms with E-state index in [2.05, 4.69) is 20.0 Å². The minimum atomic E-state index is -3.84. The highest BCUT2D eigenvalue weighted by molar-refractivity contribution is 6.20. The van der Waals surface area contributed by atoms with Crippen LogP contribution in [0.1, 0.15) is 26.4 Å². The quantitative estimate of drug-likeness (QED) is 0.450. The Morgan fingerprint density at radius 1 is 1.19 bits per heavy atom. The molecule has 2 amide bonds. The number of amides is 2. The lowest BCUT2D eigenvalue weighted by molar-refractivity contribution is -0.0964. The monoisotopic (exact) mass is 529 g/mol. The summed E-state index contributed by atoms with van der Waals surface area (Å²) in [5.41, 5.74) is -0.804. The van der Waals surface area contributed by atoms with Gasteiger partial charge in [-0.1, -0.05) is 0 Å². The molecule has 192 valence electrons. The Labute approximate surface area is 215 Å². The Morgan fingerprint density at radius 3 is 2.59 bits per heavy atom. The highest BCUT2D eigenvalue weighted by atomic mass is 35.5. The number of aliphatic hydroxyl groups excluding tert-OH is 1. The van der Waals surface area contributed by atoms with E-state index >= 15 is 0 Å². The van der Waals surface area contributed by atoms with E-state index in [1.165, 1.54) is 30.5 Å². The largest absolute Gasteiger partial charge is 0.487 e. The van der Waals surface area contributed by atoms with Crippen LogP contribution in [-0.4, -0.2) is 64.1 Å². The summed E-state index contributed by atoms with van der Waals surface area (Å²) in [7, 11) is 1.70. The molecule has 0 atom stereocenters. The topological polar surface area (TPSA) is 108 Å². The van der Waals surface area contributed by atoms with Gasteiger partial charge in [0.15, 0.2) is 0 Å². The van der Waals surface area contributed by atoms with Crippen LogP contribution in [-0.2, 0) is 6.54 Å². The maximum atomic E-state index is 13.0. The van der Waals surface area contributed by atoms with Crippen molar-refractivity contribution in [3.05, 3.63) is 65.6 Å². The normalized spacial score (nSPS) is 15.4. The number of halogens is 3. The molecule has 0 saturated carbocycles. The number of benzene rings is 1. The molecule has 0 spiro atoms. The van der Waals surface area contributed by atoms with E-state index in [-0.39, 0.29) is 29.7 Å². The lowest BCUT2D eigenvalue weighted by Gasteiger charge is -2.40. The van der Waals surface area contributed by atoms with Crippen LogP contribution in [0.5, 0.6) is 5.75 Å². The second-order valence-corrected chi connectivity index (χ2v) is 9.39. The van der Waals surface area contributed by atoms with E-state index in [1.807, 2.05) is 4.90 Å². The summed E-state index contributed by atoms with van der Waals surface area (Å²) in [5.74, 6) is -0.0110. The van der Waals surface area contributed by atoms with Crippen LogP contribution in [0.3, 0.4) is 0 Å². The van der Waals surface area contributed by atoms with Gasteiger partial charge in [0.05, 0.1) is 23.4 Å². The van der Waals surface area contributed by atoms with Crippen molar-refractivity contribution < 1.29 is 28.2 Å². The van der Waals surface area contributed by atoms with Gasteiger partial charge in [-0.3, -0.25) is 14.6 Å². The maximum Gasteiger partial charge on any atom is 0.487 e. The first-order valence-electron chi connectivity index (χ1n) is 11.4. The van der Waals surface area contributed by atoms with Gasteiger partial charge >= 0.3 is 5.57 Å². The second-order valence-electron chi connectivity index (χ2n) is 8.95. The van der Waals surface area contributed by atoms with Gasteiger partial charge in [-0.05, 0) is 36.4 Å². The molecule has 9 nitrogen and oxygen atoms in total. The van der Waals surface area contributed by atoms with E-state index in [0.717, 1.165) is 0 Å². The summed E-state index contributed by atoms with van der Waals surface area (Å²) in [6.45, 7) is 1.72. The maximum absolute atomic E-state index is 13.0. The fraction of sp³-hybridized carbons (Fsp3) is 0.280. The Balaban J connectivity index is 1.43. The smallest absolute Gasteiger partial charge is 0.420 e. The van der Waals surface area contributed by atoms with E-state index < -0.39 is 11.5 Å². The van der Waals surface area contributed by atoms with Gasteiger partial charge in [-0.25, -0.2) is 4.98 Å². The molecule has 1 aromatic carbocycles. The van der Waals surface area contributed by atoms with Gasteiger partial charge in [-0.2, -0.15) is 0 Å². The zero-order valence-electron chi connectivity index (χ0n) is 19.6. The Kier molecular flexibility index (Phi) is 6.42. The molecule has 0 unspecified atom stereocenters. The van der Waals surface area contributed by atoms with Gasteiger partial charge in [0.25, 0.3) is 11.8 Å². The molecule has 4 heterocycles. The summed E-state index contributed by atoms with van der Waals surface area (Å²) in [6.07, 6.45) is 3.09. The summed E-state index contributed by atoms with van der Waals surface area (Å²) >= 11 is 4.78. The number of fused-ring (bicyclic) bond motifs is 1. The van der Waals surface area contributed by atoms with Crippen molar-refractivity contribution in [1.29, 1.82) is 0 Å². The highest BCUT2D eigenvalue weighted by Gasteiger charge is 2.31. The van der Waals surface area contributed by atoms with Crippen molar-refractivity contribution in [3.8, 4) is 16.9 Å². The number of anilines is 2. The van der Waals surface area contributed by atoms with E-state index in [0.29, 0.717) is 53.5 Å². The molecular formula is C25H22ClF2N5O4. The van der Waals surface area contributed by atoms with Gasteiger partial charge in [0.1, 0.15) is 11.6 Å². The highest BCUT2D eigenvalue weighted by Crippen LogP contribution is 2.35. The number of alkyl halides is 3. The summed E-state index contributed by atoms with van der Waals surface area (Å²) in [5, 5.41) is 12.1. The Morgan fingerprint density at radius 2 is 1.92 bits per heavy atom. The minimum Gasteiger partial charge on any atom is -0.420 e. The zero-order valence-corrected chi connectivity index (χ0v) is 20.4. The molecule has 2 aliphatic rings. The van der Waals surface area contributed by atoms with Crippen molar-refractivity contribution >= 4 is 34.9 Å². The number of pyridine rings is 2. The van der Waals surface area contributed by atoms with Crippen LogP contribution in [0.4, 0.5) is 20.3 Å². The van der Waals surface area contributed by atoms with Gasteiger partial charge < -0.3 is 25.0 Å². The van der Waals surface area contributed by atoms with Crippen molar-refractivity contribution in [2.75, 3.05) is 37.0 Å². The van der Waals surface area contributed by atoms with Crippen molar-refractivity contribution in [3.63, 3.8) is 0 Å². The second kappa shape index (κ2) is 9.56. The first-order valence-corrected chi connectivity index (χ1v) is 11.8. The fourth-order valence-corrected chi connectivity index (χ4v) is 4.39. The lowest BCUT2D eigenvalue weighted by Crippen LogP contribution is -2.49. The number of hydrogen-bond donors (Lipinski definition) is 2. The lowest BCUT2D eigenvalue weighted by atomic mass is 9.97. The number of hydrogen-bond acceptors (Lipinski definition) is 7. The molecule has 37 heavy (non-hydrogen) atoms. The number of carbonyl (C=O) groups excluding carboxylic acids is 2. The van der Waals surface area contributed by atoms with Gasteiger partial charge in [0, 0.05) is 73.5 Å². The van der Waals surface area contributed by atoms with Crippen LogP contribution in [0.2, 0.25) is 0 Å². The molecule has 0 radical (unpaired) electrons. The molecule has 5 rings (SSSR count). The molecule has 2 aromatic heterocycles. The first-order chi connectivity index (χ1) is 17.6. The van der Waals surface area contributed by atoms with Crippen LogP contribution in [0.25, 0.3) is 11.1 Å². The summed E-state index contributed by atoms with van der Waals surface area (Å²) in [4.78, 5) is 38.1. The molecule has 0 aliphatic carbocycles. The standard InChI is InChI=1S/C25H22ClF2N5O4/c1-32-12-21-20(24(32)36)6-15(8-29-21)19-7-16(9-30-22(19)33-10-14(11-33)13-34)23(35)31-17-2-4-18(5-3-17)37-25(26,27)28/h2-9,14,34H,10-13H2,1H3,(H,31,35). The minimum absolute atomic E-state index is 0.0694. The van der Waals surface area contributed by atoms with E-state index in [1.54, 1.807) is 30.3 Å². The average Bonchev–Trinajstić information content (AvgIpc) is 3.11. The van der Waals surface area contributed by atoms with Crippen LogP contribution in [0, 0.1) is 5.92 Å². The predicted octanol–water partition coefficient (Wildman–Crippen LogP) is 3.58. The number of ether oxygens (including phenoxy) is 1. The van der Waals surface area contributed by atoms with Crippen molar-refractivity contribution in [2.45, 2.75) is 12.1 Å². The molecular weight excluding hydrogens is 508 g/mol.